The molecule has 0 N–H and O–H groups in total. The van der Waals surface area contributed by atoms with Crippen molar-refractivity contribution in [3.05, 3.63) is 127 Å². The topological polar surface area (TPSA) is 63.3 Å². The molecule has 0 bridgehead atoms. The first kappa shape index (κ1) is 31.8. The fourth-order valence-electron chi connectivity index (χ4n) is 7.14. The standard InChI is InChI=1S/C43H42N4O3/c1-29-23-24-44-39(25-29)46-37-20-11-10-19-35(37)36-22-21-34(27-38(36)46)50-33-18-12-17-32(26-33)47-41(31-15-8-9-16-31)40(30-13-6-5-7-14-30)42(45-47)48-28-49-43(2,3)4/h5-7,10-14,17-27,31H,8-9,15-16,28H2,1-4H3. The molecule has 0 unspecified atom stereocenters. The van der Waals surface area contributed by atoms with Gasteiger partial charge in [0.2, 0.25) is 5.88 Å². The van der Waals surface area contributed by atoms with E-state index < -0.39 is 0 Å². The van der Waals surface area contributed by atoms with Crippen LogP contribution in [0.1, 0.15) is 63.6 Å². The molecule has 0 saturated heterocycles. The van der Waals surface area contributed by atoms with Crippen LogP contribution in [0.25, 0.3) is 44.4 Å². The third kappa shape index (κ3) is 6.25. The second-order valence-corrected chi connectivity index (χ2v) is 14.2. The predicted molar refractivity (Wildman–Crippen MR) is 200 cm³/mol. The number of nitrogens with zero attached hydrogens (tertiary/aromatic N) is 4. The number of hydrogen-bond acceptors (Lipinski definition) is 5. The lowest BCUT2D eigenvalue weighted by molar-refractivity contribution is -0.0771. The molecule has 252 valence electrons. The highest BCUT2D eigenvalue weighted by Crippen LogP contribution is 2.45. The van der Waals surface area contributed by atoms with Crippen molar-refractivity contribution in [3.63, 3.8) is 0 Å². The third-order valence-electron chi connectivity index (χ3n) is 9.45. The van der Waals surface area contributed by atoms with E-state index in [2.05, 4.69) is 95.0 Å². The summed E-state index contributed by atoms with van der Waals surface area (Å²) in [6, 6.07) is 37.5. The molecule has 0 aliphatic heterocycles. The lowest BCUT2D eigenvalue weighted by atomic mass is 9.95. The van der Waals surface area contributed by atoms with Gasteiger partial charge in [-0.15, -0.1) is 5.10 Å². The minimum Gasteiger partial charge on any atom is -0.457 e. The minimum absolute atomic E-state index is 0.116. The lowest BCUT2D eigenvalue weighted by Gasteiger charge is -2.19. The smallest absolute Gasteiger partial charge is 0.243 e. The van der Waals surface area contributed by atoms with Gasteiger partial charge in [-0.1, -0.05) is 67.4 Å². The van der Waals surface area contributed by atoms with E-state index >= 15 is 0 Å². The van der Waals surface area contributed by atoms with Gasteiger partial charge in [-0.3, -0.25) is 4.57 Å². The lowest BCUT2D eigenvalue weighted by Crippen LogP contribution is -2.22. The van der Waals surface area contributed by atoms with Crippen molar-refractivity contribution in [2.75, 3.05) is 6.79 Å². The molecule has 7 heteroatoms. The maximum Gasteiger partial charge on any atom is 0.243 e. The molecular weight excluding hydrogens is 620 g/mol. The zero-order chi connectivity index (χ0) is 34.2. The molecule has 7 nitrogen and oxygen atoms in total. The Bertz CT molecular complexity index is 2290. The summed E-state index contributed by atoms with van der Waals surface area (Å²) in [5.41, 5.74) is 7.20. The van der Waals surface area contributed by atoms with Crippen molar-refractivity contribution < 1.29 is 14.2 Å². The molecule has 1 aliphatic rings. The molecule has 1 fully saturated rings. The van der Waals surface area contributed by atoms with Gasteiger partial charge in [-0.05, 0) is 94.1 Å². The number of aryl methyl sites for hydroxylation is 1. The van der Waals surface area contributed by atoms with Crippen LogP contribution in [0.2, 0.25) is 0 Å². The quantitative estimate of drug-likeness (QED) is 0.144. The summed E-state index contributed by atoms with van der Waals surface area (Å²) in [5.74, 6) is 3.30. The van der Waals surface area contributed by atoms with Crippen molar-refractivity contribution in [3.8, 4) is 40.0 Å². The Kier molecular flexibility index (Phi) is 8.37. The van der Waals surface area contributed by atoms with E-state index in [4.69, 9.17) is 24.3 Å². The molecule has 8 rings (SSSR count). The molecule has 3 aromatic heterocycles. The largest absolute Gasteiger partial charge is 0.457 e. The van der Waals surface area contributed by atoms with E-state index in [1.807, 2.05) is 57.3 Å². The van der Waals surface area contributed by atoms with Gasteiger partial charge >= 0.3 is 0 Å². The molecule has 1 saturated carbocycles. The van der Waals surface area contributed by atoms with Crippen molar-refractivity contribution in [2.45, 2.75) is 64.9 Å². The Morgan fingerprint density at radius 2 is 1.52 bits per heavy atom. The van der Waals surface area contributed by atoms with Gasteiger partial charge in [-0.25, -0.2) is 9.67 Å². The van der Waals surface area contributed by atoms with Gasteiger partial charge in [0.05, 0.1) is 33.6 Å². The highest BCUT2D eigenvalue weighted by molar-refractivity contribution is 6.09. The van der Waals surface area contributed by atoms with Gasteiger partial charge in [0.25, 0.3) is 0 Å². The Morgan fingerprint density at radius 1 is 0.760 bits per heavy atom. The fraction of sp³-hybridized carbons (Fsp3) is 0.256. The second kappa shape index (κ2) is 13.1. The van der Waals surface area contributed by atoms with Crippen molar-refractivity contribution in [2.24, 2.45) is 0 Å². The number of aromatic nitrogens is 4. The van der Waals surface area contributed by atoms with Gasteiger partial charge in [0, 0.05) is 35.0 Å². The maximum absolute atomic E-state index is 6.62. The molecule has 1 aliphatic carbocycles. The number of hydrogen-bond donors (Lipinski definition) is 0. The molecule has 7 aromatic rings. The third-order valence-corrected chi connectivity index (χ3v) is 9.45. The summed E-state index contributed by atoms with van der Waals surface area (Å²) in [4.78, 5) is 4.74. The van der Waals surface area contributed by atoms with Crippen LogP contribution in [0.4, 0.5) is 0 Å². The van der Waals surface area contributed by atoms with Crippen LogP contribution in [0, 0.1) is 6.92 Å². The van der Waals surface area contributed by atoms with Crippen LogP contribution in [0.5, 0.6) is 17.4 Å². The first-order valence-corrected chi connectivity index (χ1v) is 17.5. The number of ether oxygens (including phenoxy) is 3. The Morgan fingerprint density at radius 3 is 2.32 bits per heavy atom. The maximum atomic E-state index is 6.62. The number of pyridine rings is 1. The highest BCUT2D eigenvalue weighted by atomic mass is 16.7. The van der Waals surface area contributed by atoms with E-state index in [0.717, 1.165) is 69.0 Å². The summed E-state index contributed by atoms with van der Waals surface area (Å²) in [6.45, 7) is 8.29. The molecule has 0 radical (unpaired) electrons. The molecule has 0 spiro atoms. The first-order chi connectivity index (χ1) is 24.3. The zero-order valence-electron chi connectivity index (χ0n) is 29.1. The molecule has 0 atom stereocenters. The Balaban J connectivity index is 1.20. The summed E-state index contributed by atoms with van der Waals surface area (Å²) >= 11 is 0. The number of fused-ring (bicyclic) bond motifs is 3. The van der Waals surface area contributed by atoms with E-state index in [-0.39, 0.29) is 12.4 Å². The normalized spacial score (nSPS) is 13.8. The second-order valence-electron chi connectivity index (χ2n) is 14.2. The van der Waals surface area contributed by atoms with Crippen molar-refractivity contribution in [1.29, 1.82) is 0 Å². The van der Waals surface area contributed by atoms with E-state index in [9.17, 15) is 0 Å². The molecular formula is C43H42N4O3. The van der Waals surface area contributed by atoms with Crippen LogP contribution in [-0.2, 0) is 4.74 Å². The van der Waals surface area contributed by atoms with Gasteiger partial charge < -0.3 is 14.2 Å². The number of benzene rings is 4. The van der Waals surface area contributed by atoms with E-state index in [1.165, 1.54) is 23.9 Å². The average molecular weight is 663 g/mol. The summed E-state index contributed by atoms with van der Waals surface area (Å²) in [5, 5.41) is 7.47. The monoisotopic (exact) mass is 662 g/mol. The summed E-state index contributed by atoms with van der Waals surface area (Å²) in [7, 11) is 0. The number of rotatable bonds is 9. The van der Waals surface area contributed by atoms with Crippen LogP contribution < -0.4 is 9.47 Å². The highest BCUT2D eigenvalue weighted by Gasteiger charge is 2.30. The minimum atomic E-state index is -0.330. The van der Waals surface area contributed by atoms with Crippen LogP contribution in [0.3, 0.4) is 0 Å². The first-order valence-electron chi connectivity index (χ1n) is 17.5. The van der Waals surface area contributed by atoms with Gasteiger partial charge in [0.1, 0.15) is 17.3 Å². The van der Waals surface area contributed by atoms with Crippen LogP contribution in [-0.4, -0.2) is 31.7 Å². The van der Waals surface area contributed by atoms with Crippen molar-refractivity contribution in [1.82, 2.24) is 19.3 Å². The summed E-state index contributed by atoms with van der Waals surface area (Å²) < 4.78 is 23.2. The van der Waals surface area contributed by atoms with E-state index in [0.29, 0.717) is 11.8 Å². The predicted octanol–water partition coefficient (Wildman–Crippen LogP) is 10.9. The summed E-state index contributed by atoms with van der Waals surface area (Å²) in [6.07, 6.45) is 6.50. The van der Waals surface area contributed by atoms with Crippen LogP contribution >= 0.6 is 0 Å². The molecule has 4 aromatic carbocycles. The van der Waals surface area contributed by atoms with Gasteiger partial charge in [-0.2, -0.15) is 0 Å². The average Bonchev–Trinajstić information content (AvgIpc) is 3.85. The Labute approximate surface area is 293 Å². The fourth-order valence-corrected chi connectivity index (χ4v) is 7.14. The van der Waals surface area contributed by atoms with Crippen LogP contribution in [0.15, 0.2) is 115 Å². The van der Waals surface area contributed by atoms with Gasteiger partial charge in [0.15, 0.2) is 6.79 Å². The van der Waals surface area contributed by atoms with E-state index in [1.54, 1.807) is 0 Å². The molecule has 0 amide bonds. The molecule has 50 heavy (non-hydrogen) atoms. The van der Waals surface area contributed by atoms with Crippen molar-refractivity contribution >= 4 is 21.8 Å². The Hall–Kier alpha value is -5.40. The number of para-hydroxylation sites is 1. The zero-order valence-corrected chi connectivity index (χ0v) is 29.1. The molecule has 3 heterocycles. The SMILES string of the molecule is Cc1ccnc(-n2c3ccccc3c3ccc(Oc4cccc(-n5nc(OCOC(C)(C)C)c(-c6ccccc6)c5C5CCCC5)c4)cc32)c1.